The van der Waals surface area contributed by atoms with Gasteiger partial charge in [-0.2, -0.15) is 0 Å². The number of hydrogen-bond acceptors (Lipinski definition) is 5. The highest BCUT2D eigenvalue weighted by Crippen LogP contribution is 2.26. The third-order valence-electron chi connectivity index (χ3n) is 5.22. The molecular formula is C24H22ClN3O2S2. The summed E-state index contributed by atoms with van der Waals surface area (Å²) in [4.78, 5) is 33.6. The van der Waals surface area contributed by atoms with E-state index < -0.39 is 0 Å². The van der Waals surface area contributed by atoms with Crippen molar-refractivity contribution in [3.05, 3.63) is 91.9 Å². The van der Waals surface area contributed by atoms with Gasteiger partial charge in [-0.15, -0.1) is 11.3 Å². The van der Waals surface area contributed by atoms with Gasteiger partial charge in [-0.1, -0.05) is 65.8 Å². The molecule has 8 heteroatoms. The van der Waals surface area contributed by atoms with Crippen molar-refractivity contribution in [2.75, 3.05) is 12.8 Å². The van der Waals surface area contributed by atoms with E-state index in [-0.39, 0.29) is 23.3 Å². The lowest BCUT2D eigenvalue weighted by Gasteiger charge is -2.21. The van der Waals surface area contributed by atoms with Crippen LogP contribution in [0.1, 0.15) is 23.4 Å². The molecule has 2 aromatic heterocycles. The molecule has 0 aliphatic carbocycles. The highest BCUT2D eigenvalue weighted by Gasteiger charge is 2.20. The Hall–Kier alpha value is -2.61. The number of nitrogens with zero attached hydrogens (tertiary/aromatic N) is 3. The predicted octanol–water partition coefficient (Wildman–Crippen LogP) is 5.47. The van der Waals surface area contributed by atoms with Gasteiger partial charge in [0.1, 0.15) is 0 Å². The van der Waals surface area contributed by atoms with Gasteiger partial charge in [0, 0.05) is 11.9 Å². The molecule has 0 saturated heterocycles. The second-order valence-electron chi connectivity index (χ2n) is 7.42. The van der Waals surface area contributed by atoms with E-state index in [2.05, 4.69) is 0 Å². The van der Waals surface area contributed by atoms with Crippen molar-refractivity contribution >= 4 is 51.5 Å². The quantitative estimate of drug-likeness (QED) is 0.258. The number of carbonyl (C=O) groups excluding carboxylic acids is 1. The normalized spacial score (nSPS) is 12.1. The molecule has 1 amide bonds. The molecule has 164 valence electrons. The largest absolute Gasteiger partial charge is 0.340 e. The summed E-state index contributed by atoms with van der Waals surface area (Å²) < 4.78 is 2.39. The lowest BCUT2D eigenvalue weighted by atomic mass is 10.1. The zero-order valence-corrected chi connectivity index (χ0v) is 20.1. The van der Waals surface area contributed by atoms with E-state index in [1.807, 2.05) is 67.6 Å². The number of para-hydroxylation sites is 1. The third kappa shape index (κ3) is 4.90. The maximum Gasteiger partial charge on any atom is 0.262 e. The van der Waals surface area contributed by atoms with Gasteiger partial charge in [-0.25, -0.2) is 4.98 Å². The van der Waals surface area contributed by atoms with E-state index >= 15 is 0 Å². The summed E-state index contributed by atoms with van der Waals surface area (Å²) in [6, 6.07) is 20.7. The standard InChI is InChI=1S/C24H22ClN3O2S2/c1-16(17-8-4-3-5-9-17)28-23(30)19-10-6-7-11-20(19)26-24(28)31-15-22(29)27(2)14-18-12-13-21(25)32-18/h3-13,16H,14-15H2,1-2H3. The number of halogens is 1. The Morgan fingerprint density at radius 3 is 2.56 bits per heavy atom. The minimum Gasteiger partial charge on any atom is -0.340 e. The molecule has 4 rings (SSSR count). The van der Waals surface area contributed by atoms with Crippen LogP contribution in [0.3, 0.4) is 0 Å². The first-order chi connectivity index (χ1) is 15.4. The van der Waals surface area contributed by atoms with Crippen LogP contribution in [0.2, 0.25) is 4.34 Å². The van der Waals surface area contributed by atoms with Gasteiger partial charge in [0.05, 0.1) is 33.6 Å². The van der Waals surface area contributed by atoms with Gasteiger partial charge in [-0.05, 0) is 36.8 Å². The van der Waals surface area contributed by atoms with Crippen LogP contribution in [0.25, 0.3) is 10.9 Å². The van der Waals surface area contributed by atoms with Crippen LogP contribution in [-0.2, 0) is 11.3 Å². The van der Waals surface area contributed by atoms with Gasteiger partial charge in [0.15, 0.2) is 5.16 Å². The van der Waals surface area contributed by atoms with Crippen molar-refractivity contribution in [1.29, 1.82) is 0 Å². The number of fused-ring (bicyclic) bond motifs is 1. The van der Waals surface area contributed by atoms with Crippen molar-refractivity contribution in [2.45, 2.75) is 24.7 Å². The molecule has 2 aromatic carbocycles. The lowest BCUT2D eigenvalue weighted by Crippen LogP contribution is -2.29. The zero-order valence-electron chi connectivity index (χ0n) is 17.7. The van der Waals surface area contributed by atoms with Crippen LogP contribution < -0.4 is 5.56 Å². The second-order valence-corrected chi connectivity index (χ2v) is 10.2. The van der Waals surface area contributed by atoms with Gasteiger partial charge < -0.3 is 4.90 Å². The number of benzene rings is 2. The van der Waals surface area contributed by atoms with E-state index in [4.69, 9.17) is 16.6 Å². The summed E-state index contributed by atoms with van der Waals surface area (Å²) in [5.41, 5.74) is 1.53. The fourth-order valence-corrected chi connectivity index (χ4v) is 5.60. The first-order valence-corrected chi connectivity index (χ1v) is 12.3. The van der Waals surface area contributed by atoms with E-state index in [0.717, 1.165) is 10.4 Å². The van der Waals surface area contributed by atoms with Crippen molar-refractivity contribution in [1.82, 2.24) is 14.5 Å². The van der Waals surface area contributed by atoms with E-state index in [1.165, 1.54) is 23.1 Å². The molecule has 0 radical (unpaired) electrons. The first kappa shape index (κ1) is 22.6. The van der Waals surface area contributed by atoms with Crippen LogP contribution in [0.15, 0.2) is 76.7 Å². The molecule has 32 heavy (non-hydrogen) atoms. The smallest absolute Gasteiger partial charge is 0.262 e. The van der Waals surface area contributed by atoms with Gasteiger partial charge >= 0.3 is 0 Å². The Morgan fingerprint density at radius 1 is 1.12 bits per heavy atom. The van der Waals surface area contributed by atoms with Crippen LogP contribution >= 0.6 is 34.7 Å². The fourth-order valence-electron chi connectivity index (χ4n) is 3.44. The summed E-state index contributed by atoms with van der Waals surface area (Å²) in [5, 5.41) is 1.10. The van der Waals surface area contributed by atoms with Crippen molar-refractivity contribution in [2.24, 2.45) is 0 Å². The summed E-state index contributed by atoms with van der Waals surface area (Å²) in [6.07, 6.45) is 0. The van der Waals surface area contributed by atoms with Crippen LogP contribution in [0, 0.1) is 0 Å². The number of aromatic nitrogens is 2. The second kappa shape index (κ2) is 9.90. The summed E-state index contributed by atoms with van der Waals surface area (Å²) >= 11 is 8.75. The average Bonchev–Trinajstić information content (AvgIpc) is 3.22. The molecule has 4 aromatic rings. The molecular weight excluding hydrogens is 462 g/mol. The number of thioether (sulfide) groups is 1. The molecule has 0 bridgehead atoms. The van der Waals surface area contributed by atoms with Gasteiger partial charge in [-0.3, -0.25) is 14.2 Å². The van der Waals surface area contributed by atoms with Crippen molar-refractivity contribution in [3.8, 4) is 0 Å². The molecule has 2 heterocycles. The van der Waals surface area contributed by atoms with Gasteiger partial charge in [0.2, 0.25) is 5.91 Å². The molecule has 0 spiro atoms. The minimum absolute atomic E-state index is 0.0409. The Bertz CT molecular complexity index is 1300. The Balaban J connectivity index is 1.62. The number of hydrogen-bond donors (Lipinski definition) is 0. The molecule has 0 saturated carbocycles. The molecule has 0 aliphatic rings. The molecule has 0 aliphatic heterocycles. The maximum absolute atomic E-state index is 13.4. The van der Waals surface area contributed by atoms with Crippen molar-refractivity contribution < 1.29 is 4.79 Å². The van der Waals surface area contributed by atoms with Crippen LogP contribution in [0.4, 0.5) is 0 Å². The summed E-state index contributed by atoms with van der Waals surface area (Å²) in [5.74, 6) is 0.142. The highest BCUT2D eigenvalue weighted by molar-refractivity contribution is 7.99. The Morgan fingerprint density at radius 2 is 1.84 bits per heavy atom. The average molecular weight is 484 g/mol. The third-order valence-corrected chi connectivity index (χ3v) is 7.37. The van der Waals surface area contributed by atoms with E-state index in [1.54, 1.807) is 22.6 Å². The number of thiophene rings is 1. The molecule has 0 N–H and O–H groups in total. The number of amides is 1. The highest BCUT2D eigenvalue weighted by atomic mass is 35.5. The first-order valence-electron chi connectivity index (χ1n) is 10.1. The molecule has 1 atom stereocenters. The minimum atomic E-state index is -0.218. The Labute approximate surface area is 199 Å². The lowest BCUT2D eigenvalue weighted by molar-refractivity contribution is -0.127. The molecule has 5 nitrogen and oxygen atoms in total. The molecule has 0 fully saturated rings. The summed E-state index contributed by atoms with van der Waals surface area (Å²) in [7, 11) is 1.77. The van der Waals surface area contributed by atoms with E-state index in [9.17, 15) is 9.59 Å². The van der Waals surface area contributed by atoms with Crippen LogP contribution in [0.5, 0.6) is 0 Å². The number of carbonyl (C=O) groups is 1. The number of rotatable bonds is 7. The van der Waals surface area contributed by atoms with E-state index in [0.29, 0.717) is 26.9 Å². The fraction of sp³-hybridized carbons (Fsp3) is 0.208. The summed E-state index contributed by atoms with van der Waals surface area (Å²) in [6.45, 7) is 2.47. The van der Waals surface area contributed by atoms with Crippen molar-refractivity contribution in [3.63, 3.8) is 0 Å². The van der Waals surface area contributed by atoms with Gasteiger partial charge in [0.25, 0.3) is 5.56 Å². The monoisotopic (exact) mass is 483 g/mol. The Kier molecular flexibility index (Phi) is 6.98. The topological polar surface area (TPSA) is 55.2 Å². The predicted molar refractivity (Wildman–Crippen MR) is 133 cm³/mol. The SMILES string of the molecule is CC(c1ccccc1)n1c(SCC(=O)N(C)Cc2ccc(Cl)s2)nc2ccccc2c1=O. The zero-order chi connectivity index (χ0) is 22.7. The molecule has 1 unspecified atom stereocenters. The maximum atomic E-state index is 13.4. The van der Waals surface area contributed by atoms with Crippen LogP contribution in [-0.4, -0.2) is 33.2 Å².